The Kier molecular flexibility index (Phi) is 23.5. The van der Waals surface area contributed by atoms with E-state index in [2.05, 4.69) is 70.8 Å². The second kappa shape index (κ2) is 20.8. The molecule has 0 unspecified atom stereocenters. The molecule has 0 N–H and O–H groups in total. The zero-order valence-corrected chi connectivity index (χ0v) is 21.7. The van der Waals surface area contributed by atoms with Crippen LogP contribution in [0.25, 0.3) is 0 Å². The first-order valence-corrected chi connectivity index (χ1v) is 11.7. The highest BCUT2D eigenvalue weighted by atomic mass is 32.1. The molecule has 1 heteroatoms. The van der Waals surface area contributed by atoms with Crippen molar-refractivity contribution >= 4 is 17.1 Å². The molecular weight excluding hydrogens is 356 g/mol. The van der Waals surface area contributed by atoms with E-state index in [4.69, 9.17) is 0 Å². The lowest BCUT2D eigenvalue weighted by Gasteiger charge is -2.32. The molecule has 164 valence electrons. The highest BCUT2D eigenvalue weighted by molar-refractivity contribution is 7.80. The summed E-state index contributed by atoms with van der Waals surface area (Å²) in [7, 11) is 0. The summed E-state index contributed by atoms with van der Waals surface area (Å²) >= 11 is 4.54. The van der Waals surface area contributed by atoms with Gasteiger partial charge in [0.1, 0.15) is 0 Å². The minimum atomic E-state index is 0.459. The Balaban J connectivity index is -0.000000338. The minimum Gasteiger partial charge on any atom is -0.0996 e. The van der Waals surface area contributed by atoms with Gasteiger partial charge in [-0.25, -0.2) is 0 Å². The topological polar surface area (TPSA) is 0 Å². The molecule has 1 aromatic rings. The third-order valence-electron chi connectivity index (χ3n) is 4.71. The molecule has 0 radical (unpaired) electrons. The maximum atomic E-state index is 4.54. The van der Waals surface area contributed by atoms with Gasteiger partial charge in [0.15, 0.2) is 0 Å². The van der Waals surface area contributed by atoms with Crippen LogP contribution in [0.2, 0.25) is 0 Å². The van der Waals surface area contributed by atoms with Crippen molar-refractivity contribution in [1.29, 1.82) is 0 Å². The number of hydrogen-bond donors (Lipinski definition) is 0. The molecule has 1 aliphatic rings. The third kappa shape index (κ3) is 19.8. The van der Waals surface area contributed by atoms with E-state index < -0.39 is 0 Å². The Hall–Kier alpha value is -0.950. The van der Waals surface area contributed by atoms with Gasteiger partial charge in [-0.15, -0.1) is 0 Å². The van der Waals surface area contributed by atoms with Crippen LogP contribution < -0.4 is 0 Å². The second-order valence-electron chi connectivity index (χ2n) is 7.67. The highest BCUT2D eigenvalue weighted by Gasteiger charge is 2.24. The summed E-state index contributed by atoms with van der Waals surface area (Å²) in [5.74, 6) is 0. The van der Waals surface area contributed by atoms with E-state index in [0.717, 1.165) is 4.86 Å². The van der Waals surface area contributed by atoms with Crippen LogP contribution in [0.5, 0.6) is 0 Å². The van der Waals surface area contributed by atoms with Crippen molar-refractivity contribution in [2.24, 2.45) is 5.41 Å². The van der Waals surface area contributed by atoms with E-state index in [1.807, 2.05) is 41.5 Å². The average molecular weight is 407 g/mol. The van der Waals surface area contributed by atoms with Crippen molar-refractivity contribution in [1.82, 2.24) is 0 Å². The first-order chi connectivity index (χ1) is 13.2. The van der Waals surface area contributed by atoms with E-state index in [9.17, 15) is 0 Å². The number of allylic oxidation sites excluding steroid dienone is 1. The number of rotatable bonds is 1. The van der Waals surface area contributed by atoms with Gasteiger partial charge in [-0.05, 0) is 57.7 Å². The lowest BCUT2D eigenvalue weighted by atomic mass is 9.73. The van der Waals surface area contributed by atoms with Crippen LogP contribution >= 0.6 is 12.2 Å². The first kappa shape index (κ1) is 31.7. The van der Waals surface area contributed by atoms with Gasteiger partial charge < -0.3 is 0 Å². The Labute approximate surface area is 184 Å². The number of thiocarbonyl (C=S) groups is 1. The Bertz CT molecular complexity index is 448. The van der Waals surface area contributed by atoms with Gasteiger partial charge in [0.2, 0.25) is 0 Å². The van der Waals surface area contributed by atoms with E-state index in [0.29, 0.717) is 5.41 Å². The summed E-state index contributed by atoms with van der Waals surface area (Å²) in [6, 6.07) is 8.48. The monoisotopic (exact) mass is 406 g/mol. The van der Waals surface area contributed by atoms with Crippen molar-refractivity contribution in [2.75, 3.05) is 0 Å². The van der Waals surface area contributed by atoms with Crippen LogP contribution in [-0.2, 0) is 0 Å². The van der Waals surface area contributed by atoms with Crippen molar-refractivity contribution in [3.05, 3.63) is 47.5 Å². The number of benzene rings is 1. The normalized spacial score (nSPS) is 14.4. The summed E-state index contributed by atoms with van der Waals surface area (Å²) < 4.78 is 0. The van der Waals surface area contributed by atoms with Crippen LogP contribution in [0.3, 0.4) is 0 Å². The van der Waals surface area contributed by atoms with Crippen molar-refractivity contribution in [3.63, 3.8) is 0 Å². The molecule has 0 saturated heterocycles. The fourth-order valence-corrected chi connectivity index (χ4v) is 2.75. The molecule has 0 spiro atoms. The minimum absolute atomic E-state index is 0.459. The quantitative estimate of drug-likeness (QED) is 0.330. The van der Waals surface area contributed by atoms with Crippen molar-refractivity contribution in [2.45, 2.75) is 114 Å². The molecule has 0 nitrogen and oxygen atoms in total. The van der Waals surface area contributed by atoms with Crippen LogP contribution in [0, 0.1) is 19.3 Å². The molecule has 0 aliphatic heterocycles. The predicted molar refractivity (Wildman–Crippen MR) is 138 cm³/mol. The lowest BCUT2D eigenvalue weighted by Crippen LogP contribution is -2.18. The fraction of sp³-hybridized carbons (Fsp3) is 0.667. The van der Waals surface area contributed by atoms with Gasteiger partial charge in [0.25, 0.3) is 0 Å². The summed E-state index contributed by atoms with van der Waals surface area (Å²) in [4.78, 5) is 1.00. The van der Waals surface area contributed by atoms with Gasteiger partial charge in [-0.1, -0.05) is 126 Å². The number of hydrogen-bond acceptors (Lipinski definition) is 1. The SMILES string of the molecule is C=C(C)C1(C)CCCCCCC1.CC.CC.CC(C)=S.Cc1ccc(C)cc1. The number of aryl methyl sites for hydroxylation is 2. The van der Waals surface area contributed by atoms with Crippen LogP contribution in [0.1, 0.15) is 111 Å². The standard InChI is InChI=1S/C12H22.C8H10.C3H6S.2C2H6/c1-11(2)12(3)9-7-5-4-6-8-10-12;1-7-3-5-8(2)6-4-7;1-3(2)4;2*1-2/h1,4-10H2,2-3H3;3-6H,1-2H3;1-2H3;2*1-2H3. The molecule has 0 amide bonds. The van der Waals surface area contributed by atoms with E-state index in [1.54, 1.807) is 0 Å². The first-order valence-electron chi connectivity index (χ1n) is 11.3. The second-order valence-corrected chi connectivity index (χ2v) is 8.49. The molecule has 1 saturated carbocycles. The largest absolute Gasteiger partial charge is 0.0996 e. The van der Waals surface area contributed by atoms with Crippen LogP contribution in [0.4, 0.5) is 0 Å². The van der Waals surface area contributed by atoms with Gasteiger partial charge in [0, 0.05) is 0 Å². The third-order valence-corrected chi connectivity index (χ3v) is 4.71. The van der Waals surface area contributed by atoms with Gasteiger partial charge in [-0.3, -0.25) is 0 Å². The van der Waals surface area contributed by atoms with Crippen molar-refractivity contribution in [3.8, 4) is 0 Å². The molecule has 1 fully saturated rings. The molecule has 28 heavy (non-hydrogen) atoms. The van der Waals surface area contributed by atoms with Crippen LogP contribution in [0.15, 0.2) is 36.4 Å². The average Bonchev–Trinajstić information content (AvgIpc) is 2.64. The Morgan fingerprint density at radius 1 is 0.750 bits per heavy atom. The molecule has 0 aromatic heterocycles. The fourth-order valence-electron chi connectivity index (χ4n) is 2.75. The van der Waals surface area contributed by atoms with Crippen molar-refractivity contribution < 1.29 is 0 Å². The lowest BCUT2D eigenvalue weighted by molar-refractivity contribution is 0.290. The molecule has 1 aromatic carbocycles. The molecule has 1 aliphatic carbocycles. The highest BCUT2D eigenvalue weighted by Crippen LogP contribution is 2.38. The predicted octanol–water partition coefficient (Wildman–Crippen LogP) is 10.1. The van der Waals surface area contributed by atoms with Gasteiger partial charge in [-0.2, -0.15) is 0 Å². The summed E-state index contributed by atoms with van der Waals surface area (Å²) in [6.45, 7) is 24.7. The summed E-state index contributed by atoms with van der Waals surface area (Å²) in [5, 5.41) is 0. The molecule has 0 atom stereocenters. The Morgan fingerprint density at radius 2 is 1.00 bits per heavy atom. The van der Waals surface area contributed by atoms with E-state index >= 15 is 0 Å². The van der Waals surface area contributed by atoms with Crippen LogP contribution in [-0.4, -0.2) is 4.86 Å². The zero-order valence-electron chi connectivity index (χ0n) is 20.9. The van der Waals surface area contributed by atoms with Gasteiger partial charge >= 0.3 is 0 Å². The molecular formula is C27H50S. The molecule has 0 heterocycles. The maximum Gasteiger partial charge on any atom is -0.0122 e. The Morgan fingerprint density at radius 3 is 1.25 bits per heavy atom. The summed E-state index contributed by atoms with van der Waals surface area (Å²) in [5.41, 5.74) is 4.51. The zero-order chi connectivity index (χ0) is 22.6. The van der Waals surface area contributed by atoms with Gasteiger partial charge in [0.05, 0.1) is 0 Å². The maximum absolute atomic E-state index is 4.54. The van der Waals surface area contributed by atoms with E-state index in [1.165, 1.54) is 61.6 Å². The summed E-state index contributed by atoms with van der Waals surface area (Å²) in [6.07, 6.45) is 9.86. The smallest absolute Gasteiger partial charge is 0.0122 e. The molecule has 0 bridgehead atoms. The van der Waals surface area contributed by atoms with E-state index in [-0.39, 0.29) is 0 Å². The molecule has 2 rings (SSSR count).